The number of halogens is 1. The second kappa shape index (κ2) is 12.7. The largest absolute Gasteiger partial charge is 0.365 e. The number of H-pyrrole nitrogens is 3. The number of ketones is 1. The molecule has 2 amide bonds. The Morgan fingerprint density at radius 1 is 1.04 bits per heavy atom. The van der Waals surface area contributed by atoms with Crippen molar-refractivity contribution in [3.05, 3.63) is 72.1 Å². The summed E-state index contributed by atoms with van der Waals surface area (Å²) < 4.78 is 15.1. The Bertz CT molecular complexity index is 1840. The zero-order chi connectivity index (χ0) is 31.5. The summed E-state index contributed by atoms with van der Waals surface area (Å²) in [7, 11) is 3.92. The summed E-state index contributed by atoms with van der Waals surface area (Å²) in [5, 5.41) is 16.9. The van der Waals surface area contributed by atoms with Gasteiger partial charge in [-0.3, -0.25) is 24.6 Å². The standard InChI is InChI=1S/C31H33FN10O3/c1-40(2)10-6-9-33-30(44)23-15-22(37-38-23)27-28-25(21(32)17-35-27)20(16-34-28)29(43)31(45)42-13-11-41(12-14-42)24-18-36-39-26(24)19-7-4-3-5-8-19/h3-5,7-8,15-18,34H,6,9-14H2,1-2H3,(H,33,44)(H,36,39)(H,37,38). The van der Waals surface area contributed by atoms with Gasteiger partial charge in [0.1, 0.15) is 17.1 Å². The van der Waals surface area contributed by atoms with Crippen LogP contribution in [-0.4, -0.2) is 111 Å². The van der Waals surface area contributed by atoms with Gasteiger partial charge in [0.25, 0.3) is 17.6 Å². The summed E-state index contributed by atoms with van der Waals surface area (Å²) in [4.78, 5) is 52.0. The number of amides is 2. The lowest BCUT2D eigenvalue weighted by Crippen LogP contribution is -2.50. The van der Waals surface area contributed by atoms with Crippen LogP contribution in [0.25, 0.3) is 33.5 Å². The van der Waals surface area contributed by atoms with Crippen LogP contribution >= 0.6 is 0 Å². The molecule has 1 aromatic carbocycles. The van der Waals surface area contributed by atoms with Crippen LogP contribution in [0.3, 0.4) is 0 Å². The lowest BCUT2D eigenvalue weighted by atomic mass is 10.1. The maximum atomic E-state index is 15.1. The normalized spacial score (nSPS) is 13.5. The zero-order valence-corrected chi connectivity index (χ0v) is 24.9. The Kier molecular flexibility index (Phi) is 8.38. The van der Waals surface area contributed by atoms with Gasteiger partial charge in [0, 0.05) is 44.5 Å². The molecule has 232 valence electrons. The molecule has 1 saturated heterocycles. The summed E-state index contributed by atoms with van der Waals surface area (Å²) in [6.45, 7) is 2.95. The van der Waals surface area contributed by atoms with Gasteiger partial charge in [0.15, 0.2) is 5.82 Å². The van der Waals surface area contributed by atoms with Crippen LogP contribution in [0.2, 0.25) is 0 Å². The van der Waals surface area contributed by atoms with Crippen LogP contribution < -0.4 is 10.2 Å². The molecule has 5 heterocycles. The highest BCUT2D eigenvalue weighted by atomic mass is 19.1. The minimum Gasteiger partial charge on any atom is -0.365 e. The highest BCUT2D eigenvalue weighted by Crippen LogP contribution is 2.31. The Labute approximate surface area is 257 Å². The van der Waals surface area contributed by atoms with Crippen LogP contribution in [0.15, 0.2) is 55.0 Å². The van der Waals surface area contributed by atoms with Gasteiger partial charge >= 0.3 is 0 Å². The molecule has 14 heteroatoms. The molecule has 0 atom stereocenters. The number of piperazine rings is 1. The molecule has 1 fully saturated rings. The van der Waals surface area contributed by atoms with E-state index in [9.17, 15) is 14.4 Å². The van der Waals surface area contributed by atoms with E-state index in [1.807, 2.05) is 49.3 Å². The molecule has 4 aromatic heterocycles. The highest BCUT2D eigenvalue weighted by molar-refractivity contribution is 6.45. The minimum atomic E-state index is -0.821. The predicted octanol–water partition coefficient (Wildman–Crippen LogP) is 2.70. The van der Waals surface area contributed by atoms with Gasteiger partial charge in [0.2, 0.25) is 0 Å². The molecule has 0 unspecified atom stereocenters. The van der Waals surface area contributed by atoms with Crippen LogP contribution in [-0.2, 0) is 4.79 Å². The minimum absolute atomic E-state index is 0.0550. The number of anilines is 1. The lowest BCUT2D eigenvalue weighted by molar-refractivity contribution is -0.126. The third-order valence-electron chi connectivity index (χ3n) is 7.82. The number of carbonyl (C=O) groups is 3. The van der Waals surface area contributed by atoms with Crippen molar-refractivity contribution in [2.24, 2.45) is 0 Å². The molecule has 0 spiro atoms. The first-order valence-corrected chi connectivity index (χ1v) is 14.6. The average Bonchev–Trinajstić information content (AvgIpc) is 3.84. The number of Topliss-reactive ketones (excluding diaryl/α,β-unsaturated/α-hetero) is 1. The van der Waals surface area contributed by atoms with Gasteiger partial charge in [-0.15, -0.1) is 0 Å². The van der Waals surface area contributed by atoms with Gasteiger partial charge in [-0.1, -0.05) is 30.3 Å². The molecule has 5 aromatic rings. The average molecular weight is 613 g/mol. The molecular weight excluding hydrogens is 579 g/mol. The number of benzene rings is 1. The molecular formula is C31H33FN10O3. The van der Waals surface area contributed by atoms with Crippen molar-refractivity contribution < 1.29 is 18.8 Å². The summed E-state index contributed by atoms with van der Waals surface area (Å²) in [5.41, 5.74) is 3.66. The maximum absolute atomic E-state index is 15.1. The van der Waals surface area contributed by atoms with Crippen molar-refractivity contribution in [3.8, 4) is 22.6 Å². The SMILES string of the molecule is CN(C)CCCNC(=O)c1cc(-c2ncc(F)c3c(C(=O)C(=O)N4CCN(c5cn[nH]c5-c5ccccc5)CC4)c[nH]c23)n[nH]1. The van der Waals surface area contributed by atoms with Crippen molar-refractivity contribution in [1.82, 2.24) is 45.5 Å². The summed E-state index contributed by atoms with van der Waals surface area (Å²) in [6.07, 6.45) is 4.84. The molecule has 1 aliphatic rings. The first-order chi connectivity index (χ1) is 21.8. The Balaban J connectivity index is 1.15. The van der Waals surface area contributed by atoms with Crippen LogP contribution in [0.1, 0.15) is 27.3 Å². The van der Waals surface area contributed by atoms with E-state index in [1.54, 1.807) is 6.20 Å². The second-order valence-electron chi connectivity index (χ2n) is 11.1. The number of rotatable bonds is 10. The number of nitrogens with one attached hydrogen (secondary N) is 4. The van der Waals surface area contributed by atoms with E-state index in [4.69, 9.17) is 0 Å². The zero-order valence-electron chi connectivity index (χ0n) is 24.9. The van der Waals surface area contributed by atoms with Gasteiger partial charge in [-0.25, -0.2) is 9.37 Å². The van der Waals surface area contributed by atoms with E-state index < -0.39 is 17.5 Å². The van der Waals surface area contributed by atoms with Gasteiger partial charge in [-0.2, -0.15) is 10.2 Å². The van der Waals surface area contributed by atoms with E-state index in [2.05, 4.69) is 40.6 Å². The van der Waals surface area contributed by atoms with Crippen molar-refractivity contribution in [2.45, 2.75) is 6.42 Å². The quantitative estimate of drug-likeness (QED) is 0.106. The smallest absolute Gasteiger partial charge is 0.295 e. The summed E-state index contributed by atoms with van der Waals surface area (Å²) >= 11 is 0. The first kappa shape index (κ1) is 29.7. The Morgan fingerprint density at radius 3 is 2.58 bits per heavy atom. The lowest BCUT2D eigenvalue weighted by Gasteiger charge is -2.35. The van der Waals surface area contributed by atoms with Crippen LogP contribution in [0, 0.1) is 5.82 Å². The molecule has 0 radical (unpaired) electrons. The van der Waals surface area contributed by atoms with Crippen molar-refractivity contribution >= 4 is 34.2 Å². The van der Waals surface area contributed by atoms with Crippen molar-refractivity contribution in [1.29, 1.82) is 0 Å². The van der Waals surface area contributed by atoms with Gasteiger partial charge < -0.3 is 25.0 Å². The first-order valence-electron chi connectivity index (χ1n) is 14.6. The number of carbonyl (C=O) groups excluding carboxylic acids is 3. The van der Waals surface area contributed by atoms with E-state index in [-0.39, 0.29) is 39.5 Å². The van der Waals surface area contributed by atoms with Crippen molar-refractivity contribution in [2.75, 3.05) is 58.3 Å². The summed E-state index contributed by atoms with van der Waals surface area (Å²) in [6, 6.07) is 11.3. The van der Waals surface area contributed by atoms with Crippen molar-refractivity contribution in [3.63, 3.8) is 0 Å². The molecule has 6 rings (SSSR count). The molecule has 0 bridgehead atoms. The Hall–Kier alpha value is -5.37. The van der Waals surface area contributed by atoms with E-state index in [0.717, 1.165) is 36.1 Å². The molecule has 0 saturated carbocycles. The monoisotopic (exact) mass is 612 g/mol. The van der Waals surface area contributed by atoms with Crippen LogP contribution in [0.4, 0.5) is 10.1 Å². The molecule has 13 nitrogen and oxygen atoms in total. The van der Waals surface area contributed by atoms with Gasteiger partial charge in [0.05, 0.1) is 40.2 Å². The number of pyridine rings is 1. The second-order valence-corrected chi connectivity index (χ2v) is 11.1. The van der Waals surface area contributed by atoms with E-state index in [1.165, 1.54) is 17.2 Å². The van der Waals surface area contributed by atoms with E-state index >= 15 is 4.39 Å². The maximum Gasteiger partial charge on any atom is 0.295 e. The number of aromatic amines is 3. The predicted molar refractivity (Wildman–Crippen MR) is 166 cm³/mol. The number of hydrogen-bond donors (Lipinski definition) is 4. The third-order valence-corrected chi connectivity index (χ3v) is 7.82. The van der Waals surface area contributed by atoms with Crippen LogP contribution in [0.5, 0.6) is 0 Å². The number of hydrogen-bond acceptors (Lipinski definition) is 8. The molecule has 0 aliphatic carbocycles. The fourth-order valence-electron chi connectivity index (χ4n) is 5.48. The molecule has 45 heavy (non-hydrogen) atoms. The Morgan fingerprint density at radius 2 is 1.82 bits per heavy atom. The fraction of sp³-hybridized carbons (Fsp3) is 0.290. The molecule has 1 aliphatic heterocycles. The molecule has 4 N–H and O–H groups in total. The topological polar surface area (TPSA) is 159 Å². The van der Waals surface area contributed by atoms with E-state index in [0.29, 0.717) is 32.7 Å². The summed E-state index contributed by atoms with van der Waals surface area (Å²) in [5.74, 6) is -2.61. The number of nitrogens with zero attached hydrogens (tertiary/aromatic N) is 6. The van der Waals surface area contributed by atoms with Gasteiger partial charge in [-0.05, 0) is 33.1 Å². The fourth-order valence-corrected chi connectivity index (χ4v) is 5.48. The number of aromatic nitrogens is 6. The third kappa shape index (κ3) is 6.04. The number of fused-ring (bicyclic) bond motifs is 1. The highest BCUT2D eigenvalue weighted by Gasteiger charge is 2.31.